The third-order valence-electron chi connectivity index (χ3n) is 5.99. The second kappa shape index (κ2) is 6.72. The summed E-state index contributed by atoms with van der Waals surface area (Å²) in [5.41, 5.74) is 3.28. The number of carbonyl (C=O) groups excluding carboxylic acids is 1. The van der Waals surface area contributed by atoms with Crippen molar-refractivity contribution in [3.05, 3.63) is 64.7 Å². The SMILES string of the molecule is COc1ccc(CN2CCC3(CCc4cc(C(=O)O)ccc4C3)C2=O)cc1. The molecule has 2 aliphatic rings. The van der Waals surface area contributed by atoms with Crippen LogP contribution < -0.4 is 4.74 Å². The van der Waals surface area contributed by atoms with Gasteiger partial charge in [0.05, 0.1) is 18.1 Å². The van der Waals surface area contributed by atoms with Crippen LogP contribution in [0.3, 0.4) is 0 Å². The fourth-order valence-electron chi connectivity index (χ4n) is 4.38. The molecule has 1 N–H and O–H groups in total. The number of aryl methyl sites for hydroxylation is 1. The summed E-state index contributed by atoms with van der Waals surface area (Å²) in [5, 5.41) is 9.17. The molecule has 5 nitrogen and oxygen atoms in total. The zero-order chi connectivity index (χ0) is 19.0. The minimum atomic E-state index is -0.902. The summed E-state index contributed by atoms with van der Waals surface area (Å²) in [7, 11) is 1.64. The van der Waals surface area contributed by atoms with Crippen LogP contribution in [0.4, 0.5) is 0 Å². The summed E-state index contributed by atoms with van der Waals surface area (Å²) < 4.78 is 5.19. The monoisotopic (exact) mass is 365 g/mol. The third kappa shape index (κ3) is 3.18. The highest BCUT2D eigenvalue weighted by Crippen LogP contribution is 2.44. The van der Waals surface area contributed by atoms with Gasteiger partial charge in [0.15, 0.2) is 0 Å². The van der Waals surface area contributed by atoms with Gasteiger partial charge in [0.1, 0.15) is 5.75 Å². The first kappa shape index (κ1) is 17.6. The number of ether oxygens (including phenoxy) is 1. The maximum absolute atomic E-state index is 13.2. The lowest BCUT2D eigenvalue weighted by molar-refractivity contribution is -0.137. The van der Waals surface area contributed by atoms with Crippen molar-refractivity contribution in [2.45, 2.75) is 32.2 Å². The molecule has 1 atom stereocenters. The van der Waals surface area contributed by atoms with Crippen LogP contribution in [0.5, 0.6) is 5.75 Å². The van der Waals surface area contributed by atoms with Crippen molar-refractivity contribution in [2.24, 2.45) is 5.41 Å². The van der Waals surface area contributed by atoms with Crippen LogP contribution in [0.25, 0.3) is 0 Å². The van der Waals surface area contributed by atoms with Crippen LogP contribution in [0.15, 0.2) is 42.5 Å². The van der Waals surface area contributed by atoms with E-state index in [1.54, 1.807) is 19.2 Å². The average Bonchev–Trinajstić information content (AvgIpc) is 2.97. The molecule has 2 aromatic carbocycles. The zero-order valence-electron chi connectivity index (χ0n) is 15.4. The molecule has 0 radical (unpaired) electrons. The average molecular weight is 365 g/mol. The van der Waals surface area contributed by atoms with Crippen molar-refractivity contribution in [3.63, 3.8) is 0 Å². The van der Waals surface area contributed by atoms with Gasteiger partial charge in [0, 0.05) is 13.1 Å². The van der Waals surface area contributed by atoms with E-state index < -0.39 is 5.97 Å². The van der Waals surface area contributed by atoms with Gasteiger partial charge in [-0.15, -0.1) is 0 Å². The predicted molar refractivity (Wildman–Crippen MR) is 101 cm³/mol. The number of likely N-dealkylation sites (tertiary alicyclic amines) is 1. The van der Waals surface area contributed by atoms with Gasteiger partial charge in [-0.1, -0.05) is 18.2 Å². The lowest BCUT2D eigenvalue weighted by Crippen LogP contribution is -2.38. The van der Waals surface area contributed by atoms with Crippen LogP contribution in [-0.2, 0) is 24.2 Å². The van der Waals surface area contributed by atoms with Crippen molar-refractivity contribution in [3.8, 4) is 5.75 Å². The molecule has 0 saturated carbocycles. The zero-order valence-corrected chi connectivity index (χ0v) is 15.4. The van der Waals surface area contributed by atoms with Gasteiger partial charge < -0.3 is 14.7 Å². The molecule has 1 spiro atoms. The number of aromatic carboxylic acids is 1. The number of hydrogen-bond donors (Lipinski definition) is 1. The summed E-state index contributed by atoms with van der Waals surface area (Å²) in [4.78, 5) is 26.3. The van der Waals surface area contributed by atoms with Gasteiger partial charge in [0.2, 0.25) is 5.91 Å². The summed E-state index contributed by atoms with van der Waals surface area (Å²) >= 11 is 0. The van der Waals surface area contributed by atoms with Crippen molar-refractivity contribution in [1.29, 1.82) is 0 Å². The normalized spacial score (nSPS) is 21.4. The van der Waals surface area contributed by atoms with E-state index >= 15 is 0 Å². The Morgan fingerprint density at radius 2 is 1.93 bits per heavy atom. The van der Waals surface area contributed by atoms with E-state index in [1.165, 1.54) is 0 Å². The molecule has 1 saturated heterocycles. The number of carboxylic acid groups (broad SMARTS) is 1. The van der Waals surface area contributed by atoms with Crippen molar-refractivity contribution in [2.75, 3.05) is 13.7 Å². The summed E-state index contributed by atoms with van der Waals surface area (Å²) in [5.74, 6) is 0.138. The first-order chi connectivity index (χ1) is 13.0. The Kier molecular flexibility index (Phi) is 4.38. The van der Waals surface area contributed by atoms with Gasteiger partial charge in [-0.05, 0) is 66.6 Å². The highest BCUT2D eigenvalue weighted by molar-refractivity contribution is 5.88. The van der Waals surface area contributed by atoms with Crippen LogP contribution >= 0.6 is 0 Å². The first-order valence-corrected chi connectivity index (χ1v) is 9.28. The van der Waals surface area contributed by atoms with E-state index in [0.29, 0.717) is 18.5 Å². The molecule has 1 unspecified atom stereocenters. The number of carbonyl (C=O) groups is 2. The number of methoxy groups -OCH3 is 1. The van der Waals surface area contributed by atoms with Crippen LogP contribution in [0.2, 0.25) is 0 Å². The second-order valence-corrected chi connectivity index (χ2v) is 7.57. The second-order valence-electron chi connectivity index (χ2n) is 7.57. The quantitative estimate of drug-likeness (QED) is 0.903. The van der Waals surface area contributed by atoms with Crippen molar-refractivity contribution < 1.29 is 19.4 Å². The molecule has 0 bridgehead atoms. The minimum Gasteiger partial charge on any atom is -0.497 e. The first-order valence-electron chi connectivity index (χ1n) is 9.28. The highest BCUT2D eigenvalue weighted by atomic mass is 16.5. The van der Waals surface area contributed by atoms with Crippen molar-refractivity contribution >= 4 is 11.9 Å². The minimum absolute atomic E-state index is 0.228. The van der Waals surface area contributed by atoms with Gasteiger partial charge in [-0.25, -0.2) is 4.79 Å². The fraction of sp³-hybridized carbons (Fsp3) is 0.364. The van der Waals surface area contributed by atoms with E-state index in [1.807, 2.05) is 35.2 Å². The Morgan fingerprint density at radius 3 is 2.63 bits per heavy atom. The molecule has 1 heterocycles. The van der Waals surface area contributed by atoms with E-state index in [4.69, 9.17) is 4.74 Å². The number of fused-ring (bicyclic) bond motifs is 1. The van der Waals surface area contributed by atoms with Gasteiger partial charge in [-0.2, -0.15) is 0 Å². The van der Waals surface area contributed by atoms with Gasteiger partial charge >= 0.3 is 5.97 Å². The molecule has 1 amide bonds. The summed E-state index contributed by atoms with van der Waals surface area (Å²) in [6.07, 6.45) is 3.13. The van der Waals surface area contributed by atoms with Crippen LogP contribution in [-0.4, -0.2) is 35.5 Å². The molecule has 1 aliphatic heterocycles. The smallest absolute Gasteiger partial charge is 0.335 e. The molecule has 0 aromatic heterocycles. The number of nitrogens with zero attached hydrogens (tertiary/aromatic N) is 1. The maximum Gasteiger partial charge on any atom is 0.335 e. The standard InChI is InChI=1S/C22H23NO4/c1-27-19-6-2-15(3-7-19)14-23-11-10-22(21(23)26)9-8-16-12-17(20(24)25)4-5-18(16)13-22/h2-7,12H,8-11,13-14H2,1H3,(H,24,25). The van der Waals surface area contributed by atoms with Crippen LogP contribution in [0.1, 0.15) is 39.9 Å². The van der Waals surface area contributed by atoms with E-state index in [0.717, 1.165) is 48.2 Å². The molecule has 2 aromatic rings. The Balaban J connectivity index is 1.50. The number of amides is 1. The molecular weight excluding hydrogens is 342 g/mol. The molecule has 5 heteroatoms. The molecule has 1 aliphatic carbocycles. The van der Waals surface area contributed by atoms with Crippen LogP contribution in [0, 0.1) is 5.41 Å². The van der Waals surface area contributed by atoms with Gasteiger partial charge in [-0.3, -0.25) is 4.79 Å². The number of carboxylic acids is 1. The Labute approximate surface area is 158 Å². The Hall–Kier alpha value is -2.82. The third-order valence-corrected chi connectivity index (χ3v) is 5.99. The fourth-order valence-corrected chi connectivity index (χ4v) is 4.38. The number of hydrogen-bond acceptors (Lipinski definition) is 3. The highest BCUT2D eigenvalue weighted by Gasteiger charge is 2.47. The van der Waals surface area contributed by atoms with E-state index in [-0.39, 0.29) is 11.3 Å². The number of rotatable bonds is 4. The molecule has 140 valence electrons. The number of benzene rings is 2. The topological polar surface area (TPSA) is 66.8 Å². The van der Waals surface area contributed by atoms with E-state index in [2.05, 4.69) is 0 Å². The lowest BCUT2D eigenvalue weighted by Gasteiger charge is -2.33. The molecule has 4 rings (SSSR count). The molecule has 1 fully saturated rings. The Morgan fingerprint density at radius 1 is 1.15 bits per heavy atom. The lowest BCUT2D eigenvalue weighted by atomic mass is 9.70. The largest absolute Gasteiger partial charge is 0.497 e. The van der Waals surface area contributed by atoms with Gasteiger partial charge in [0.25, 0.3) is 0 Å². The summed E-state index contributed by atoms with van der Waals surface area (Å²) in [6, 6.07) is 13.1. The van der Waals surface area contributed by atoms with E-state index in [9.17, 15) is 14.7 Å². The predicted octanol–water partition coefficient (Wildman–Crippen LogP) is 3.30. The molecular formula is C22H23NO4. The molecule has 27 heavy (non-hydrogen) atoms. The summed E-state index contributed by atoms with van der Waals surface area (Å²) in [6.45, 7) is 1.39. The van der Waals surface area contributed by atoms with Crippen molar-refractivity contribution in [1.82, 2.24) is 4.90 Å². The Bertz CT molecular complexity index is 890. The maximum atomic E-state index is 13.2.